The molecule has 0 spiro atoms. The molecule has 7 heteroatoms. The van der Waals surface area contributed by atoms with Crippen LogP contribution in [-0.4, -0.2) is 25.1 Å². The van der Waals surface area contributed by atoms with Crippen molar-refractivity contribution in [3.8, 4) is 5.75 Å². The monoisotopic (exact) mass is 487 g/mol. The van der Waals surface area contributed by atoms with Gasteiger partial charge in [-0.05, 0) is 72.2 Å². The number of ether oxygens (including phenoxy) is 2. The number of aryl methyl sites for hydroxylation is 2. The van der Waals surface area contributed by atoms with Crippen LogP contribution in [0.4, 0.5) is 13.2 Å². The Morgan fingerprint density at radius 1 is 0.853 bits per heavy atom. The quantitative estimate of drug-likeness (QED) is 0.417. The summed E-state index contributed by atoms with van der Waals surface area (Å²) in [7, 11) is 0. The summed E-state index contributed by atoms with van der Waals surface area (Å²) in [4.78, 5) is 0.588. The molecule has 1 heterocycles. The van der Waals surface area contributed by atoms with Crippen LogP contribution in [0.15, 0.2) is 77.7 Å². The highest BCUT2D eigenvalue weighted by Crippen LogP contribution is 2.40. The molecule has 3 nitrogen and oxygen atoms in total. The Balaban J connectivity index is 0.000000195. The Morgan fingerprint density at radius 2 is 1.41 bits per heavy atom. The maximum absolute atomic E-state index is 11.6. The van der Waals surface area contributed by atoms with Crippen molar-refractivity contribution in [2.75, 3.05) is 6.61 Å². The Bertz CT molecular complexity index is 1040. The molecule has 0 radical (unpaired) electrons. The van der Waals surface area contributed by atoms with E-state index in [1.165, 1.54) is 46.5 Å². The Kier molecular flexibility index (Phi) is 7.86. The molecule has 1 saturated heterocycles. The van der Waals surface area contributed by atoms with Gasteiger partial charge in [-0.1, -0.05) is 48.5 Å². The van der Waals surface area contributed by atoms with E-state index in [2.05, 4.69) is 65.9 Å². The van der Waals surface area contributed by atoms with E-state index in [9.17, 15) is 13.2 Å². The third-order valence-corrected chi connectivity index (χ3v) is 6.54. The van der Waals surface area contributed by atoms with Gasteiger partial charge in [0.15, 0.2) is 0 Å². The molecule has 2 unspecified atom stereocenters. The number of hydrogen-bond acceptors (Lipinski definition) is 4. The van der Waals surface area contributed by atoms with Crippen LogP contribution in [0.2, 0.25) is 0 Å². The first-order valence-electron chi connectivity index (χ1n) is 11.4. The van der Waals surface area contributed by atoms with Gasteiger partial charge in [0, 0.05) is 23.5 Å². The molecule has 1 fully saturated rings. The number of nitrogens with two attached hydrogens (primary N) is 1. The first-order valence-corrected chi connectivity index (χ1v) is 11.8. The number of halogens is 3. The maximum atomic E-state index is 11.6. The van der Waals surface area contributed by atoms with Crippen LogP contribution in [0.25, 0.3) is 0 Å². The normalized spacial score (nSPS) is 20.3. The molecule has 3 aromatic carbocycles. The van der Waals surface area contributed by atoms with Crippen LogP contribution in [0, 0.1) is 0 Å². The molecule has 2 aliphatic rings. The lowest BCUT2D eigenvalue weighted by Crippen LogP contribution is -2.38. The molecule has 1 aliphatic carbocycles. The van der Waals surface area contributed by atoms with Crippen LogP contribution in [0.1, 0.15) is 41.0 Å². The van der Waals surface area contributed by atoms with Crippen molar-refractivity contribution >= 4 is 12.6 Å². The number of alkyl halides is 3. The minimum atomic E-state index is -4.63. The number of thiol groups is 1. The average Bonchev–Trinajstić information content (AvgIpc) is 2.97. The van der Waals surface area contributed by atoms with Gasteiger partial charge in [0.25, 0.3) is 0 Å². The second kappa shape index (κ2) is 10.8. The van der Waals surface area contributed by atoms with Crippen LogP contribution in [0.3, 0.4) is 0 Å². The first kappa shape index (κ1) is 24.6. The van der Waals surface area contributed by atoms with E-state index in [1.807, 2.05) is 0 Å². The van der Waals surface area contributed by atoms with Crippen LogP contribution in [0.5, 0.6) is 5.75 Å². The second-order valence-corrected chi connectivity index (χ2v) is 9.13. The van der Waals surface area contributed by atoms with Crippen LogP contribution >= 0.6 is 12.6 Å². The number of hydrogen-bond donors (Lipinski definition) is 2. The molecule has 0 amide bonds. The molecule has 34 heavy (non-hydrogen) atoms. The minimum absolute atomic E-state index is 0.198. The predicted octanol–water partition coefficient (Wildman–Crippen LogP) is 6.30. The highest BCUT2D eigenvalue weighted by molar-refractivity contribution is 7.80. The standard InChI is InChI=1S/C20H23NO.C7H5F3OS/c21-16-11-12-22-19(13-16)20-17-7-3-1-5-14(17)9-10-15-6-2-4-8-18(15)20;8-7(9,10)11-5-1-3-6(12)4-2-5/h1-8,16,19-20H,9-13,21H2;1-4,12H. The average molecular weight is 488 g/mol. The van der Waals surface area contributed by atoms with Gasteiger partial charge in [-0.3, -0.25) is 0 Å². The van der Waals surface area contributed by atoms with Crippen molar-refractivity contribution in [3.05, 3.63) is 95.1 Å². The maximum Gasteiger partial charge on any atom is 0.573 e. The van der Waals surface area contributed by atoms with Crippen LogP contribution in [-0.2, 0) is 17.6 Å². The van der Waals surface area contributed by atoms with E-state index >= 15 is 0 Å². The SMILES string of the molecule is FC(F)(F)Oc1ccc(S)cc1.NC1CCOC(C2c3ccccc3CCc3ccccc32)C1. The smallest absolute Gasteiger partial charge is 0.406 e. The summed E-state index contributed by atoms with van der Waals surface area (Å²) < 4.78 is 44.6. The van der Waals surface area contributed by atoms with E-state index in [1.54, 1.807) is 0 Å². The molecule has 1 aliphatic heterocycles. The lowest BCUT2D eigenvalue weighted by atomic mass is 9.81. The molecule has 2 N–H and O–H groups in total. The summed E-state index contributed by atoms with van der Waals surface area (Å²) in [5.74, 6) is 0.0848. The zero-order chi connectivity index (χ0) is 24.1. The fraction of sp³-hybridized carbons (Fsp3) is 0.333. The van der Waals surface area contributed by atoms with Crippen LogP contribution < -0.4 is 10.5 Å². The van der Waals surface area contributed by atoms with Crippen molar-refractivity contribution in [2.45, 2.75) is 55.0 Å². The molecular formula is C27H28F3NO2S. The van der Waals surface area contributed by atoms with E-state index in [4.69, 9.17) is 10.5 Å². The lowest BCUT2D eigenvalue weighted by molar-refractivity contribution is -0.274. The summed E-state index contributed by atoms with van der Waals surface area (Å²) in [6.45, 7) is 0.784. The van der Waals surface area contributed by atoms with Gasteiger partial charge in [0.2, 0.25) is 0 Å². The molecule has 0 aromatic heterocycles. The summed E-state index contributed by atoms with van der Waals surface area (Å²) in [5, 5.41) is 0. The van der Waals surface area contributed by atoms with Gasteiger partial charge < -0.3 is 15.2 Å². The first-order chi connectivity index (χ1) is 16.3. The molecule has 180 valence electrons. The summed E-state index contributed by atoms with van der Waals surface area (Å²) in [5.41, 5.74) is 12.0. The second-order valence-electron chi connectivity index (χ2n) is 8.61. The summed E-state index contributed by atoms with van der Waals surface area (Å²) in [6.07, 6.45) is -0.271. The minimum Gasteiger partial charge on any atom is -0.406 e. The number of rotatable bonds is 2. The molecule has 5 rings (SSSR count). The van der Waals surface area contributed by atoms with Gasteiger partial charge in [-0.25, -0.2) is 0 Å². The Labute approximate surface area is 203 Å². The highest BCUT2D eigenvalue weighted by Gasteiger charge is 2.34. The van der Waals surface area contributed by atoms with Gasteiger partial charge in [-0.15, -0.1) is 25.8 Å². The topological polar surface area (TPSA) is 44.5 Å². The third-order valence-electron chi connectivity index (χ3n) is 6.24. The zero-order valence-electron chi connectivity index (χ0n) is 18.7. The van der Waals surface area contributed by atoms with Crippen molar-refractivity contribution < 1.29 is 22.6 Å². The van der Waals surface area contributed by atoms with Gasteiger partial charge >= 0.3 is 6.36 Å². The van der Waals surface area contributed by atoms with E-state index in [0.29, 0.717) is 10.8 Å². The van der Waals surface area contributed by atoms with Gasteiger partial charge in [-0.2, -0.15) is 0 Å². The molecule has 3 aromatic rings. The van der Waals surface area contributed by atoms with E-state index in [0.717, 1.165) is 32.3 Å². The van der Waals surface area contributed by atoms with Gasteiger partial charge in [0.05, 0.1) is 6.10 Å². The van der Waals surface area contributed by atoms with Crippen molar-refractivity contribution in [1.29, 1.82) is 0 Å². The Hall–Kier alpha value is -2.48. The summed E-state index contributed by atoms with van der Waals surface area (Å²) >= 11 is 3.91. The van der Waals surface area contributed by atoms with Crippen molar-refractivity contribution in [2.24, 2.45) is 5.73 Å². The third kappa shape index (κ3) is 6.34. The number of benzene rings is 3. The predicted molar refractivity (Wildman–Crippen MR) is 129 cm³/mol. The molecular weight excluding hydrogens is 459 g/mol. The van der Waals surface area contributed by atoms with Gasteiger partial charge in [0.1, 0.15) is 5.75 Å². The van der Waals surface area contributed by atoms with E-state index < -0.39 is 6.36 Å². The Morgan fingerprint density at radius 3 is 1.94 bits per heavy atom. The zero-order valence-corrected chi connectivity index (χ0v) is 19.6. The van der Waals surface area contributed by atoms with E-state index in [-0.39, 0.29) is 17.9 Å². The summed E-state index contributed by atoms with van der Waals surface area (Å²) in [6, 6.07) is 23.2. The fourth-order valence-electron chi connectivity index (χ4n) is 4.70. The fourth-order valence-corrected chi connectivity index (χ4v) is 4.85. The van der Waals surface area contributed by atoms with Crippen molar-refractivity contribution in [3.63, 3.8) is 0 Å². The van der Waals surface area contributed by atoms with Crippen molar-refractivity contribution in [1.82, 2.24) is 0 Å². The lowest BCUT2D eigenvalue weighted by Gasteiger charge is -2.34. The molecule has 0 saturated carbocycles. The highest BCUT2D eigenvalue weighted by atomic mass is 32.1. The largest absolute Gasteiger partial charge is 0.573 e. The molecule has 2 atom stereocenters. The number of fused-ring (bicyclic) bond motifs is 2. The molecule has 0 bridgehead atoms.